The number of carbonyl (C=O) groups excluding carboxylic acids is 1. The minimum Gasteiger partial charge on any atom is -0.388 e. The summed E-state index contributed by atoms with van der Waals surface area (Å²) in [6.07, 6.45) is -6.93. The maximum atomic E-state index is 12.9. The van der Waals surface area contributed by atoms with Crippen LogP contribution in [-0.4, -0.2) is 46.3 Å². The second-order valence-corrected chi connectivity index (χ2v) is 5.45. The Hall–Kier alpha value is -1.12. The number of β-amino-alcohol motifs (C(OH)–C–C–N with tert-alkyl or cyclic N) is 2. The first kappa shape index (κ1) is 15.3. The lowest BCUT2D eigenvalue weighted by Gasteiger charge is -2.19. The number of rotatable bonds is 1. The van der Waals surface area contributed by atoms with Crippen LogP contribution in [0.1, 0.15) is 15.9 Å². The Morgan fingerprint density at radius 3 is 2.30 bits per heavy atom. The fourth-order valence-electron chi connectivity index (χ4n) is 2.04. The number of halogens is 4. The lowest BCUT2D eigenvalue weighted by atomic mass is 10.1. The number of likely N-dealkylation sites (tertiary alicyclic amines) is 1. The van der Waals surface area contributed by atoms with Gasteiger partial charge < -0.3 is 15.1 Å². The Morgan fingerprint density at radius 1 is 1.25 bits per heavy atom. The number of aliphatic hydroxyl groups is 2. The molecular weight excluding hydrogens is 343 g/mol. The van der Waals surface area contributed by atoms with Crippen LogP contribution in [0.4, 0.5) is 13.2 Å². The zero-order valence-corrected chi connectivity index (χ0v) is 11.6. The van der Waals surface area contributed by atoms with Crippen LogP contribution < -0.4 is 0 Å². The van der Waals surface area contributed by atoms with Crippen LogP contribution in [0.25, 0.3) is 0 Å². The second-order valence-electron chi connectivity index (χ2n) is 4.53. The van der Waals surface area contributed by atoms with Crippen molar-refractivity contribution < 1.29 is 28.2 Å². The standard InChI is InChI=1S/C12H11BrF3NO3/c13-6-1-2-7(8(3-6)12(14,15)16)11(20)17-4-9(18)10(19)5-17/h1-3,9-10,18-19H,4-5H2. The predicted molar refractivity (Wildman–Crippen MR) is 67.1 cm³/mol. The van der Waals surface area contributed by atoms with E-state index in [-0.39, 0.29) is 17.6 Å². The zero-order chi connectivity index (χ0) is 15.1. The monoisotopic (exact) mass is 353 g/mol. The summed E-state index contributed by atoms with van der Waals surface area (Å²) in [5.41, 5.74) is -1.55. The van der Waals surface area contributed by atoms with Gasteiger partial charge in [0.05, 0.1) is 23.3 Å². The largest absolute Gasteiger partial charge is 0.417 e. The van der Waals surface area contributed by atoms with Gasteiger partial charge in [-0.05, 0) is 18.2 Å². The van der Waals surface area contributed by atoms with E-state index in [4.69, 9.17) is 0 Å². The van der Waals surface area contributed by atoms with Gasteiger partial charge in [0.15, 0.2) is 0 Å². The van der Waals surface area contributed by atoms with Crippen molar-refractivity contribution in [1.82, 2.24) is 4.90 Å². The average Bonchev–Trinajstić information content (AvgIpc) is 2.67. The van der Waals surface area contributed by atoms with Crippen molar-refractivity contribution in [2.45, 2.75) is 18.4 Å². The lowest BCUT2D eigenvalue weighted by molar-refractivity contribution is -0.138. The number of nitrogens with zero attached hydrogens (tertiary/aromatic N) is 1. The van der Waals surface area contributed by atoms with Gasteiger partial charge >= 0.3 is 6.18 Å². The molecule has 2 atom stereocenters. The number of amides is 1. The highest BCUT2D eigenvalue weighted by molar-refractivity contribution is 9.10. The third kappa shape index (κ3) is 2.97. The average molecular weight is 354 g/mol. The molecule has 1 aromatic carbocycles. The van der Waals surface area contributed by atoms with Crippen LogP contribution in [-0.2, 0) is 6.18 Å². The molecule has 2 unspecified atom stereocenters. The molecule has 2 rings (SSSR count). The lowest BCUT2D eigenvalue weighted by Crippen LogP contribution is -2.31. The van der Waals surface area contributed by atoms with Gasteiger partial charge in [-0.3, -0.25) is 4.79 Å². The van der Waals surface area contributed by atoms with E-state index in [1.165, 1.54) is 6.07 Å². The molecule has 0 spiro atoms. The van der Waals surface area contributed by atoms with Gasteiger partial charge in [-0.1, -0.05) is 15.9 Å². The molecule has 1 aliphatic rings. The summed E-state index contributed by atoms with van der Waals surface area (Å²) in [6, 6.07) is 3.24. The molecule has 1 aliphatic heterocycles. The fourth-order valence-corrected chi connectivity index (χ4v) is 2.40. The van der Waals surface area contributed by atoms with E-state index in [2.05, 4.69) is 15.9 Å². The molecule has 8 heteroatoms. The van der Waals surface area contributed by atoms with Gasteiger partial charge in [-0.25, -0.2) is 0 Å². The number of hydrogen-bond donors (Lipinski definition) is 2. The number of benzene rings is 1. The molecule has 0 bridgehead atoms. The van der Waals surface area contributed by atoms with Crippen molar-refractivity contribution in [3.05, 3.63) is 33.8 Å². The van der Waals surface area contributed by atoms with Crippen LogP contribution in [0, 0.1) is 0 Å². The summed E-state index contributed by atoms with van der Waals surface area (Å²) >= 11 is 2.94. The summed E-state index contributed by atoms with van der Waals surface area (Å²) in [5.74, 6) is -0.861. The van der Waals surface area contributed by atoms with Gasteiger partial charge in [-0.2, -0.15) is 13.2 Å². The predicted octanol–water partition coefficient (Wildman–Crippen LogP) is 1.65. The first-order chi connectivity index (χ1) is 9.20. The highest BCUT2D eigenvalue weighted by Crippen LogP contribution is 2.34. The van der Waals surface area contributed by atoms with Crippen molar-refractivity contribution in [3.63, 3.8) is 0 Å². The van der Waals surface area contributed by atoms with E-state index in [9.17, 15) is 28.2 Å². The smallest absolute Gasteiger partial charge is 0.388 e. The SMILES string of the molecule is O=C(c1ccc(Br)cc1C(F)(F)F)N1CC(O)C(O)C1. The number of aliphatic hydroxyl groups excluding tert-OH is 2. The van der Waals surface area contributed by atoms with Crippen LogP contribution in [0.2, 0.25) is 0 Å². The molecule has 1 fully saturated rings. The van der Waals surface area contributed by atoms with E-state index in [0.29, 0.717) is 0 Å². The van der Waals surface area contributed by atoms with Crippen molar-refractivity contribution in [2.75, 3.05) is 13.1 Å². The summed E-state index contributed by atoms with van der Waals surface area (Å²) in [6.45, 7) is -0.374. The van der Waals surface area contributed by atoms with Crippen molar-refractivity contribution >= 4 is 21.8 Å². The van der Waals surface area contributed by atoms with E-state index in [1.807, 2.05) is 0 Å². The van der Waals surface area contributed by atoms with Crippen LogP contribution >= 0.6 is 15.9 Å². The van der Waals surface area contributed by atoms with Gasteiger partial charge in [0.1, 0.15) is 0 Å². The first-order valence-corrected chi connectivity index (χ1v) is 6.51. The molecule has 0 aliphatic carbocycles. The molecule has 0 saturated carbocycles. The third-order valence-corrected chi connectivity index (χ3v) is 3.56. The number of carbonyl (C=O) groups is 1. The van der Waals surface area contributed by atoms with Crippen molar-refractivity contribution in [1.29, 1.82) is 0 Å². The maximum Gasteiger partial charge on any atom is 0.417 e. The molecule has 20 heavy (non-hydrogen) atoms. The molecule has 1 amide bonds. The Balaban J connectivity index is 2.36. The molecule has 1 heterocycles. The Morgan fingerprint density at radius 2 is 1.80 bits per heavy atom. The van der Waals surface area contributed by atoms with Crippen LogP contribution in [0.3, 0.4) is 0 Å². The molecule has 1 aromatic rings. The molecule has 0 radical (unpaired) electrons. The third-order valence-electron chi connectivity index (χ3n) is 3.06. The van der Waals surface area contributed by atoms with E-state index >= 15 is 0 Å². The quantitative estimate of drug-likeness (QED) is 0.806. The summed E-state index contributed by atoms with van der Waals surface area (Å²) in [4.78, 5) is 13.1. The van der Waals surface area contributed by atoms with Gasteiger partial charge in [0.2, 0.25) is 0 Å². The number of alkyl halides is 3. The minimum absolute atomic E-state index is 0.187. The van der Waals surface area contributed by atoms with E-state index in [1.54, 1.807) is 0 Å². The minimum atomic E-state index is -4.66. The van der Waals surface area contributed by atoms with Crippen molar-refractivity contribution in [3.8, 4) is 0 Å². The normalized spacial score (nSPS) is 23.2. The number of hydrogen-bond acceptors (Lipinski definition) is 3. The molecule has 2 N–H and O–H groups in total. The van der Waals surface area contributed by atoms with Gasteiger partial charge in [0, 0.05) is 17.6 Å². The zero-order valence-electron chi connectivity index (χ0n) is 10.1. The molecular formula is C12H11BrF3NO3. The van der Waals surface area contributed by atoms with Gasteiger partial charge in [0.25, 0.3) is 5.91 Å². The van der Waals surface area contributed by atoms with Crippen molar-refractivity contribution in [2.24, 2.45) is 0 Å². The summed E-state index contributed by atoms with van der Waals surface area (Å²) in [5, 5.41) is 18.7. The molecule has 110 valence electrons. The highest BCUT2D eigenvalue weighted by atomic mass is 79.9. The van der Waals surface area contributed by atoms with Crippen LogP contribution in [0.15, 0.2) is 22.7 Å². The molecule has 0 aromatic heterocycles. The Bertz CT molecular complexity index is 525. The van der Waals surface area contributed by atoms with Crippen LogP contribution in [0.5, 0.6) is 0 Å². The first-order valence-electron chi connectivity index (χ1n) is 5.72. The highest BCUT2D eigenvalue weighted by Gasteiger charge is 2.39. The van der Waals surface area contributed by atoms with E-state index in [0.717, 1.165) is 17.0 Å². The topological polar surface area (TPSA) is 60.8 Å². The second kappa shape index (κ2) is 5.34. The summed E-state index contributed by atoms with van der Waals surface area (Å²) < 4.78 is 39.0. The van der Waals surface area contributed by atoms with Gasteiger partial charge in [-0.15, -0.1) is 0 Å². The molecule has 1 saturated heterocycles. The summed E-state index contributed by atoms with van der Waals surface area (Å²) in [7, 11) is 0. The molecule has 4 nitrogen and oxygen atoms in total. The Labute approximate surface area is 120 Å². The maximum absolute atomic E-state index is 12.9. The Kier molecular flexibility index (Phi) is 4.08. The van der Waals surface area contributed by atoms with E-state index < -0.39 is 35.4 Å². The fraction of sp³-hybridized carbons (Fsp3) is 0.417.